The predicted molar refractivity (Wildman–Crippen MR) is 74.1 cm³/mol. The molecule has 100 valence electrons. The maximum atomic E-state index is 11.9. The molecule has 6 heteroatoms. The van der Waals surface area contributed by atoms with E-state index in [9.17, 15) is 4.79 Å². The molecule has 18 heavy (non-hydrogen) atoms. The second kappa shape index (κ2) is 7.33. The number of hydrogen-bond acceptors (Lipinski definition) is 5. The summed E-state index contributed by atoms with van der Waals surface area (Å²) in [5.74, 6) is 0.755. The average molecular weight is 268 g/mol. The predicted octanol–water partition coefficient (Wildman–Crippen LogP) is 1.19. The molecule has 0 saturated heterocycles. The van der Waals surface area contributed by atoms with Gasteiger partial charge in [0.1, 0.15) is 5.69 Å². The number of likely N-dealkylation sites (N-methyl/N-ethyl adjacent to an activating group) is 1. The number of amides is 1. The number of aryl methyl sites for hydroxylation is 1. The second-order valence-corrected chi connectivity index (χ2v) is 5.40. The third kappa shape index (κ3) is 5.01. The Kier molecular flexibility index (Phi) is 6.07. The van der Waals surface area contributed by atoms with E-state index in [2.05, 4.69) is 15.3 Å². The normalized spacial score (nSPS) is 10.7. The molecule has 1 amide bonds. The van der Waals surface area contributed by atoms with Crippen LogP contribution in [0, 0.1) is 6.92 Å². The van der Waals surface area contributed by atoms with Gasteiger partial charge < -0.3 is 10.2 Å². The van der Waals surface area contributed by atoms with Crippen molar-refractivity contribution in [2.24, 2.45) is 0 Å². The number of carbonyl (C=O) groups is 1. The summed E-state index contributed by atoms with van der Waals surface area (Å²) in [5, 5.41) is 3.51. The minimum Gasteiger partial charge on any atom is -0.349 e. The number of hydrogen-bond donors (Lipinski definition) is 1. The van der Waals surface area contributed by atoms with Gasteiger partial charge in [0.25, 0.3) is 5.91 Å². The highest BCUT2D eigenvalue weighted by Gasteiger charge is 2.10. The molecular weight excluding hydrogens is 248 g/mol. The molecule has 0 radical (unpaired) electrons. The summed E-state index contributed by atoms with van der Waals surface area (Å²) in [6, 6.07) is 1.71. The summed E-state index contributed by atoms with van der Waals surface area (Å²) >= 11 is 1.54. The van der Waals surface area contributed by atoms with Crippen molar-refractivity contribution < 1.29 is 4.79 Å². The number of thioether (sulfide) groups is 1. The van der Waals surface area contributed by atoms with E-state index in [0.29, 0.717) is 17.4 Å². The van der Waals surface area contributed by atoms with Crippen molar-refractivity contribution in [3.05, 3.63) is 17.5 Å². The monoisotopic (exact) mass is 268 g/mol. The molecule has 0 aliphatic rings. The zero-order chi connectivity index (χ0) is 13.5. The Balaban J connectivity index is 2.66. The second-order valence-electron chi connectivity index (χ2n) is 4.17. The molecule has 0 unspecified atom stereocenters. The lowest BCUT2D eigenvalue weighted by atomic mass is 10.3. The van der Waals surface area contributed by atoms with Crippen LogP contribution in [0.25, 0.3) is 0 Å². The minimum absolute atomic E-state index is 0.139. The van der Waals surface area contributed by atoms with Crippen LogP contribution < -0.4 is 5.32 Å². The highest BCUT2D eigenvalue weighted by atomic mass is 32.2. The summed E-state index contributed by atoms with van der Waals surface area (Å²) in [7, 11) is 3.94. The van der Waals surface area contributed by atoms with Crippen molar-refractivity contribution >= 4 is 17.7 Å². The standard InChI is InChI=1S/C12H20N4OS/c1-5-18-12-14-9(2)8-10(15-12)11(17)13-6-7-16(3)4/h8H,5-7H2,1-4H3,(H,13,17). The van der Waals surface area contributed by atoms with Crippen molar-refractivity contribution in [3.63, 3.8) is 0 Å². The topological polar surface area (TPSA) is 58.1 Å². The number of carbonyl (C=O) groups excluding carboxylic acids is 1. The molecule has 0 fully saturated rings. The van der Waals surface area contributed by atoms with Gasteiger partial charge in [-0.05, 0) is 32.8 Å². The van der Waals surface area contributed by atoms with Gasteiger partial charge in [0.15, 0.2) is 5.16 Å². The molecule has 0 aliphatic carbocycles. The molecule has 5 nitrogen and oxygen atoms in total. The van der Waals surface area contributed by atoms with Gasteiger partial charge in [-0.25, -0.2) is 9.97 Å². The van der Waals surface area contributed by atoms with Gasteiger partial charge in [0.2, 0.25) is 0 Å². The Morgan fingerprint density at radius 1 is 1.44 bits per heavy atom. The average Bonchev–Trinajstić information content (AvgIpc) is 2.28. The first-order valence-electron chi connectivity index (χ1n) is 5.94. The Morgan fingerprint density at radius 3 is 2.78 bits per heavy atom. The quantitative estimate of drug-likeness (QED) is 0.620. The Labute approximate surface area is 112 Å². The Hall–Kier alpha value is -1.14. The lowest BCUT2D eigenvalue weighted by molar-refractivity contribution is 0.0945. The summed E-state index contributed by atoms with van der Waals surface area (Å²) in [5.41, 5.74) is 1.26. The molecule has 0 aromatic carbocycles. The van der Waals surface area contributed by atoms with Crippen LogP contribution in [0.4, 0.5) is 0 Å². The highest BCUT2D eigenvalue weighted by molar-refractivity contribution is 7.99. The van der Waals surface area contributed by atoms with Gasteiger partial charge in [-0.3, -0.25) is 4.79 Å². The van der Waals surface area contributed by atoms with E-state index in [1.807, 2.05) is 32.8 Å². The molecule has 0 aliphatic heterocycles. The smallest absolute Gasteiger partial charge is 0.270 e. The van der Waals surface area contributed by atoms with Crippen LogP contribution >= 0.6 is 11.8 Å². The molecule has 0 saturated carbocycles. The van der Waals surface area contributed by atoms with E-state index in [1.54, 1.807) is 6.07 Å². The van der Waals surface area contributed by atoms with Crippen molar-refractivity contribution in [1.82, 2.24) is 20.2 Å². The Morgan fingerprint density at radius 2 is 2.17 bits per heavy atom. The van der Waals surface area contributed by atoms with Crippen LogP contribution in [0.1, 0.15) is 23.1 Å². The van der Waals surface area contributed by atoms with Crippen LogP contribution in [0.3, 0.4) is 0 Å². The van der Waals surface area contributed by atoms with Crippen LogP contribution in [-0.2, 0) is 0 Å². The molecule has 1 rings (SSSR count). The fourth-order valence-electron chi connectivity index (χ4n) is 1.33. The van der Waals surface area contributed by atoms with Crippen molar-refractivity contribution in [3.8, 4) is 0 Å². The fourth-order valence-corrected chi connectivity index (χ4v) is 1.96. The summed E-state index contributed by atoms with van der Waals surface area (Å²) in [6.07, 6.45) is 0. The van der Waals surface area contributed by atoms with Crippen LogP contribution in [0.15, 0.2) is 11.2 Å². The van der Waals surface area contributed by atoms with Gasteiger partial charge in [-0.2, -0.15) is 0 Å². The van der Waals surface area contributed by atoms with Gasteiger partial charge in [-0.1, -0.05) is 18.7 Å². The zero-order valence-corrected chi connectivity index (χ0v) is 12.2. The van der Waals surface area contributed by atoms with E-state index in [4.69, 9.17) is 0 Å². The van der Waals surface area contributed by atoms with E-state index in [1.165, 1.54) is 11.8 Å². The third-order valence-electron chi connectivity index (χ3n) is 2.18. The van der Waals surface area contributed by atoms with Gasteiger partial charge >= 0.3 is 0 Å². The highest BCUT2D eigenvalue weighted by Crippen LogP contribution is 2.13. The van der Waals surface area contributed by atoms with Crippen molar-refractivity contribution in [2.75, 3.05) is 32.9 Å². The summed E-state index contributed by atoms with van der Waals surface area (Å²) < 4.78 is 0. The number of nitrogens with one attached hydrogen (secondary N) is 1. The SMILES string of the molecule is CCSc1nc(C)cc(C(=O)NCCN(C)C)n1. The summed E-state index contributed by atoms with van der Waals surface area (Å²) in [4.78, 5) is 22.4. The van der Waals surface area contributed by atoms with E-state index in [0.717, 1.165) is 18.0 Å². The largest absolute Gasteiger partial charge is 0.349 e. The minimum atomic E-state index is -0.139. The fraction of sp³-hybridized carbons (Fsp3) is 0.583. The number of aromatic nitrogens is 2. The number of rotatable bonds is 6. The first kappa shape index (κ1) is 14.9. The Bertz CT molecular complexity index is 409. The summed E-state index contributed by atoms with van der Waals surface area (Å²) in [6.45, 7) is 5.34. The molecule has 0 spiro atoms. The molecular formula is C12H20N4OS. The van der Waals surface area contributed by atoms with E-state index < -0.39 is 0 Å². The maximum absolute atomic E-state index is 11.9. The van der Waals surface area contributed by atoms with Crippen molar-refractivity contribution in [1.29, 1.82) is 0 Å². The molecule has 0 bridgehead atoms. The lowest BCUT2D eigenvalue weighted by Gasteiger charge is -2.10. The van der Waals surface area contributed by atoms with Crippen LogP contribution in [0.5, 0.6) is 0 Å². The molecule has 0 atom stereocenters. The van der Waals surface area contributed by atoms with E-state index >= 15 is 0 Å². The van der Waals surface area contributed by atoms with Gasteiger partial charge in [0.05, 0.1) is 0 Å². The molecule has 1 N–H and O–H groups in total. The third-order valence-corrected chi connectivity index (χ3v) is 2.91. The van der Waals surface area contributed by atoms with Crippen LogP contribution in [-0.4, -0.2) is 53.7 Å². The number of nitrogens with zero attached hydrogens (tertiary/aromatic N) is 3. The molecule has 1 aromatic rings. The van der Waals surface area contributed by atoms with E-state index in [-0.39, 0.29) is 5.91 Å². The zero-order valence-electron chi connectivity index (χ0n) is 11.4. The van der Waals surface area contributed by atoms with Gasteiger partial charge in [0, 0.05) is 18.8 Å². The molecule has 1 aromatic heterocycles. The first-order chi connectivity index (χ1) is 8.52. The molecule has 1 heterocycles. The first-order valence-corrected chi connectivity index (χ1v) is 6.93. The van der Waals surface area contributed by atoms with Gasteiger partial charge in [-0.15, -0.1) is 0 Å². The van der Waals surface area contributed by atoms with Crippen LogP contribution in [0.2, 0.25) is 0 Å². The van der Waals surface area contributed by atoms with Crippen molar-refractivity contribution in [2.45, 2.75) is 19.0 Å². The maximum Gasteiger partial charge on any atom is 0.270 e. The lowest BCUT2D eigenvalue weighted by Crippen LogP contribution is -2.32.